The number of H-pyrrole nitrogens is 1. The molecule has 36 heavy (non-hydrogen) atoms. The van der Waals surface area contributed by atoms with Gasteiger partial charge in [0.2, 0.25) is 0 Å². The maximum absolute atomic E-state index is 13.8. The molecule has 0 bridgehead atoms. The molecule has 3 aromatic heterocycles. The van der Waals surface area contributed by atoms with Gasteiger partial charge < -0.3 is 0 Å². The van der Waals surface area contributed by atoms with Crippen LogP contribution in [-0.2, 0) is 17.8 Å². The second-order valence-corrected chi connectivity index (χ2v) is 9.54. The summed E-state index contributed by atoms with van der Waals surface area (Å²) in [7, 11) is 0. The summed E-state index contributed by atoms with van der Waals surface area (Å²) in [5.41, 5.74) is 4.69. The number of nitrogens with zero attached hydrogens (tertiary/aromatic N) is 6. The van der Waals surface area contributed by atoms with Crippen LogP contribution in [0, 0.1) is 5.92 Å². The fourth-order valence-corrected chi connectivity index (χ4v) is 5.44. The molecule has 1 aromatic carbocycles. The smallest absolute Gasteiger partial charge is 0.300 e. The van der Waals surface area contributed by atoms with Gasteiger partial charge in [-0.2, -0.15) is 0 Å². The SMILES string of the molecule is CCCCc1cn(C2CCCC2C(C)=O)c(=O)n1Cc1cnccc1-c1ccccc1-c1nnn[nH]1. The Balaban J connectivity index is 1.57. The van der Waals surface area contributed by atoms with Crippen molar-refractivity contribution in [3.63, 3.8) is 0 Å². The summed E-state index contributed by atoms with van der Waals surface area (Å²) in [6.45, 7) is 4.19. The number of hydrogen-bond donors (Lipinski definition) is 1. The maximum Gasteiger partial charge on any atom is 0.328 e. The summed E-state index contributed by atoms with van der Waals surface area (Å²) in [6.07, 6.45) is 11.1. The van der Waals surface area contributed by atoms with Crippen molar-refractivity contribution >= 4 is 5.78 Å². The number of pyridine rings is 1. The van der Waals surface area contributed by atoms with Crippen molar-refractivity contribution in [2.45, 2.75) is 65.0 Å². The molecule has 1 N–H and O–H groups in total. The zero-order chi connectivity index (χ0) is 25.1. The van der Waals surface area contributed by atoms with E-state index in [0.29, 0.717) is 12.4 Å². The summed E-state index contributed by atoms with van der Waals surface area (Å²) in [5.74, 6) is 0.658. The minimum absolute atomic E-state index is 0.0539. The largest absolute Gasteiger partial charge is 0.328 e. The zero-order valence-electron chi connectivity index (χ0n) is 20.7. The number of imidazole rings is 1. The Morgan fingerprint density at radius 2 is 1.97 bits per heavy atom. The Morgan fingerprint density at radius 1 is 1.14 bits per heavy atom. The van der Waals surface area contributed by atoms with Crippen molar-refractivity contribution in [3.05, 3.63) is 70.7 Å². The second-order valence-electron chi connectivity index (χ2n) is 9.54. The van der Waals surface area contributed by atoms with Gasteiger partial charge in [-0.25, -0.2) is 9.89 Å². The van der Waals surface area contributed by atoms with Crippen LogP contribution in [0.1, 0.15) is 63.3 Å². The summed E-state index contributed by atoms with van der Waals surface area (Å²) < 4.78 is 3.69. The van der Waals surface area contributed by atoms with Gasteiger partial charge in [0.25, 0.3) is 0 Å². The lowest BCUT2D eigenvalue weighted by Crippen LogP contribution is -2.31. The van der Waals surface area contributed by atoms with Crippen molar-refractivity contribution in [2.75, 3.05) is 0 Å². The van der Waals surface area contributed by atoms with Crippen LogP contribution in [0.15, 0.2) is 53.7 Å². The minimum atomic E-state index is -0.0890. The molecule has 0 spiro atoms. The van der Waals surface area contributed by atoms with Gasteiger partial charge in [0.15, 0.2) is 5.82 Å². The first kappa shape index (κ1) is 23.8. The number of Topliss-reactive ketones (excluding diaryl/α,β-unsaturated/α-hetero) is 1. The van der Waals surface area contributed by atoms with Crippen LogP contribution in [0.3, 0.4) is 0 Å². The molecule has 9 heteroatoms. The summed E-state index contributed by atoms with van der Waals surface area (Å²) in [6, 6.07) is 9.82. The van der Waals surface area contributed by atoms with E-state index in [1.54, 1.807) is 13.1 Å². The molecule has 1 fully saturated rings. The predicted molar refractivity (Wildman–Crippen MR) is 136 cm³/mol. The number of nitrogens with one attached hydrogen (secondary N) is 1. The van der Waals surface area contributed by atoms with Gasteiger partial charge in [-0.15, -0.1) is 5.10 Å². The van der Waals surface area contributed by atoms with Crippen molar-refractivity contribution in [3.8, 4) is 22.5 Å². The van der Waals surface area contributed by atoms with Gasteiger partial charge >= 0.3 is 5.69 Å². The second kappa shape index (κ2) is 10.4. The van der Waals surface area contributed by atoms with Crippen LogP contribution in [-0.4, -0.2) is 40.5 Å². The predicted octanol–water partition coefficient (Wildman–Crippen LogP) is 4.21. The number of carbonyl (C=O) groups excluding carboxylic acids is 1. The van der Waals surface area contributed by atoms with Crippen molar-refractivity contribution in [1.29, 1.82) is 0 Å². The van der Waals surface area contributed by atoms with Gasteiger partial charge in [-0.1, -0.05) is 44.0 Å². The van der Waals surface area contributed by atoms with Crippen LogP contribution in [0.2, 0.25) is 0 Å². The lowest BCUT2D eigenvalue weighted by Gasteiger charge is -2.17. The number of aromatic amines is 1. The number of aryl methyl sites for hydroxylation is 1. The molecule has 1 aliphatic rings. The number of aromatic nitrogens is 7. The van der Waals surface area contributed by atoms with E-state index in [1.807, 2.05) is 51.9 Å². The highest BCUT2D eigenvalue weighted by Crippen LogP contribution is 2.36. The lowest BCUT2D eigenvalue weighted by molar-refractivity contribution is -0.121. The number of unbranched alkanes of at least 4 members (excludes halogenated alkanes) is 1. The number of hydrogen-bond acceptors (Lipinski definition) is 6. The number of rotatable bonds is 9. The third-order valence-electron chi connectivity index (χ3n) is 7.28. The Bertz CT molecular complexity index is 1400. The Hall–Kier alpha value is -3.88. The molecule has 0 amide bonds. The molecule has 1 aliphatic carbocycles. The quantitative estimate of drug-likeness (QED) is 0.380. The molecule has 0 radical (unpaired) electrons. The van der Waals surface area contributed by atoms with E-state index in [9.17, 15) is 9.59 Å². The summed E-state index contributed by atoms with van der Waals surface area (Å²) in [5, 5.41) is 14.4. The van der Waals surface area contributed by atoms with Gasteiger partial charge in [0.1, 0.15) is 5.78 Å². The molecular weight excluding hydrogens is 454 g/mol. The normalized spacial score (nSPS) is 17.5. The molecule has 0 aliphatic heterocycles. The van der Waals surface area contributed by atoms with E-state index < -0.39 is 0 Å². The van der Waals surface area contributed by atoms with E-state index >= 15 is 0 Å². The Morgan fingerprint density at radius 3 is 2.72 bits per heavy atom. The first-order valence-corrected chi connectivity index (χ1v) is 12.7. The van der Waals surface area contributed by atoms with Crippen molar-refractivity contribution in [2.24, 2.45) is 5.92 Å². The highest BCUT2D eigenvalue weighted by Gasteiger charge is 2.34. The first-order valence-electron chi connectivity index (χ1n) is 12.7. The molecule has 9 nitrogen and oxygen atoms in total. The van der Waals surface area contributed by atoms with Crippen molar-refractivity contribution < 1.29 is 4.79 Å². The molecule has 1 saturated carbocycles. The zero-order valence-corrected chi connectivity index (χ0v) is 20.7. The van der Waals surface area contributed by atoms with Crippen LogP contribution >= 0.6 is 0 Å². The average Bonchev–Trinajstić information content (AvgIpc) is 3.65. The fraction of sp³-hybridized carbons (Fsp3) is 0.407. The van der Waals surface area contributed by atoms with E-state index in [0.717, 1.165) is 66.5 Å². The maximum atomic E-state index is 13.8. The minimum Gasteiger partial charge on any atom is -0.300 e. The summed E-state index contributed by atoms with van der Waals surface area (Å²) in [4.78, 5) is 30.4. The van der Waals surface area contributed by atoms with E-state index in [1.165, 1.54) is 0 Å². The van der Waals surface area contributed by atoms with Gasteiger partial charge in [0, 0.05) is 41.8 Å². The number of tetrazole rings is 1. The first-order chi connectivity index (χ1) is 17.6. The highest BCUT2D eigenvalue weighted by molar-refractivity contribution is 5.81. The topological polar surface area (TPSA) is 111 Å². The molecule has 2 unspecified atom stereocenters. The number of benzene rings is 1. The standard InChI is InChI=1S/C27H31N7O2/c1-3-4-8-20-17-34(25-12-7-11-21(25)18(2)35)27(36)33(20)16-19-15-28-14-13-22(19)23-9-5-6-10-24(23)26-29-31-32-30-26/h5-6,9-10,13-15,17,21,25H,3-4,7-8,11-12,16H2,1-2H3,(H,29,30,31,32). The lowest BCUT2D eigenvalue weighted by atomic mass is 9.96. The fourth-order valence-electron chi connectivity index (χ4n) is 5.44. The molecule has 0 saturated heterocycles. The number of ketones is 1. The molecule has 4 aromatic rings. The number of carbonyl (C=O) groups is 1. The molecular formula is C27H31N7O2. The van der Waals surface area contributed by atoms with Crippen molar-refractivity contribution in [1.82, 2.24) is 34.7 Å². The molecule has 186 valence electrons. The van der Waals surface area contributed by atoms with Gasteiger partial charge in [-0.05, 0) is 65.8 Å². The third-order valence-corrected chi connectivity index (χ3v) is 7.28. The molecule has 5 rings (SSSR count). The van der Waals surface area contributed by atoms with Crippen LogP contribution in [0.5, 0.6) is 0 Å². The third kappa shape index (κ3) is 4.53. The van der Waals surface area contributed by atoms with E-state index in [4.69, 9.17) is 0 Å². The Kier molecular flexibility index (Phi) is 6.88. The highest BCUT2D eigenvalue weighted by atomic mass is 16.2. The average molecular weight is 486 g/mol. The monoisotopic (exact) mass is 485 g/mol. The van der Waals surface area contributed by atoms with Crippen LogP contribution < -0.4 is 5.69 Å². The van der Waals surface area contributed by atoms with E-state index in [2.05, 4.69) is 32.5 Å². The Labute approximate surface area is 209 Å². The molecule has 2 atom stereocenters. The van der Waals surface area contributed by atoms with Crippen LogP contribution in [0.4, 0.5) is 0 Å². The van der Waals surface area contributed by atoms with Gasteiger partial charge in [-0.3, -0.25) is 18.9 Å². The van der Waals surface area contributed by atoms with Gasteiger partial charge in [0.05, 0.1) is 6.54 Å². The van der Waals surface area contributed by atoms with Crippen LogP contribution in [0.25, 0.3) is 22.5 Å². The summed E-state index contributed by atoms with van der Waals surface area (Å²) >= 11 is 0. The van der Waals surface area contributed by atoms with E-state index in [-0.39, 0.29) is 23.4 Å². The molecule has 3 heterocycles.